The summed E-state index contributed by atoms with van der Waals surface area (Å²) in [4.78, 5) is 25.4. The second-order valence-corrected chi connectivity index (χ2v) is 11.9. The van der Waals surface area contributed by atoms with Gasteiger partial charge >= 0.3 is 6.09 Å². The van der Waals surface area contributed by atoms with Gasteiger partial charge in [0.15, 0.2) is 15.4 Å². The molecule has 0 saturated carbocycles. The molecule has 2 saturated heterocycles. The van der Waals surface area contributed by atoms with Crippen molar-refractivity contribution < 1.29 is 27.4 Å². The van der Waals surface area contributed by atoms with Gasteiger partial charge in [-0.2, -0.15) is 0 Å². The molecule has 0 N–H and O–H groups in total. The maximum absolute atomic E-state index is 12.6. The molecule has 1 aromatic heterocycles. The van der Waals surface area contributed by atoms with Crippen LogP contribution in [0.15, 0.2) is 35.5 Å². The molecule has 3 aliphatic rings. The van der Waals surface area contributed by atoms with Gasteiger partial charge in [-0.3, -0.25) is 0 Å². The van der Waals surface area contributed by atoms with Crippen molar-refractivity contribution in [2.75, 3.05) is 44.0 Å². The Morgan fingerprint density at radius 2 is 2.09 bits per heavy atom. The number of sulfone groups is 1. The molecule has 2 unspecified atom stereocenters. The van der Waals surface area contributed by atoms with Crippen molar-refractivity contribution >= 4 is 27.4 Å². The van der Waals surface area contributed by atoms with Gasteiger partial charge in [-0.05, 0) is 50.5 Å². The molecule has 4 heterocycles. The molecule has 2 atom stereocenters. The Hall–Kier alpha value is -2.92. The minimum atomic E-state index is -3.27. The number of likely N-dealkylation sites (tertiary alicyclic amines) is 1. The number of rotatable bonds is 5. The Balaban J connectivity index is 1.37. The molecule has 3 aliphatic heterocycles. The first-order valence-electron chi connectivity index (χ1n) is 11.8. The van der Waals surface area contributed by atoms with Gasteiger partial charge in [0.25, 0.3) is 0 Å². The van der Waals surface area contributed by atoms with Crippen molar-refractivity contribution in [3.8, 4) is 5.88 Å². The van der Waals surface area contributed by atoms with Gasteiger partial charge in [-0.25, -0.2) is 23.2 Å². The molecular weight excluding hydrogens is 472 g/mol. The van der Waals surface area contributed by atoms with Crippen LogP contribution in [0, 0.1) is 5.92 Å². The lowest BCUT2D eigenvalue weighted by molar-refractivity contribution is -0.135. The molecule has 2 aromatic rings. The first kappa shape index (κ1) is 23.8. The van der Waals surface area contributed by atoms with E-state index < -0.39 is 15.4 Å². The van der Waals surface area contributed by atoms with Gasteiger partial charge < -0.3 is 24.0 Å². The summed E-state index contributed by atoms with van der Waals surface area (Å²) in [6.07, 6.45) is 3.61. The predicted molar refractivity (Wildman–Crippen MR) is 128 cm³/mol. The number of aromatic nitrogens is 2. The number of piperidine rings is 1. The quantitative estimate of drug-likeness (QED) is 0.609. The van der Waals surface area contributed by atoms with E-state index in [4.69, 9.17) is 14.2 Å². The highest BCUT2D eigenvalue weighted by Crippen LogP contribution is 2.38. The van der Waals surface area contributed by atoms with Crippen LogP contribution in [0.5, 0.6) is 5.88 Å². The smallest absolute Gasteiger partial charge is 0.410 e. The van der Waals surface area contributed by atoms with E-state index in [-0.39, 0.29) is 18.1 Å². The number of hydrogen-bond acceptors (Lipinski definition) is 9. The molecule has 0 spiro atoms. The highest BCUT2D eigenvalue weighted by Gasteiger charge is 2.47. The van der Waals surface area contributed by atoms with Crippen molar-refractivity contribution in [2.45, 2.75) is 43.3 Å². The Morgan fingerprint density at radius 3 is 2.86 bits per heavy atom. The molecule has 10 nitrogen and oxygen atoms in total. The van der Waals surface area contributed by atoms with E-state index in [1.165, 1.54) is 12.6 Å². The van der Waals surface area contributed by atoms with Crippen LogP contribution in [0.4, 0.5) is 16.3 Å². The highest BCUT2D eigenvalue weighted by molar-refractivity contribution is 7.90. The van der Waals surface area contributed by atoms with E-state index in [0.717, 1.165) is 17.7 Å². The SMILES string of the molecule is CC(C)OC(=O)N1CC2COCC(Oc3cc(N4CCc5cc(S(C)(=O)=O)ccc54)ncn3)(C2)C1. The van der Waals surface area contributed by atoms with Gasteiger partial charge in [-0.1, -0.05) is 0 Å². The summed E-state index contributed by atoms with van der Waals surface area (Å²) in [5.74, 6) is 1.23. The average Bonchev–Trinajstić information content (AvgIpc) is 3.21. The fourth-order valence-electron chi connectivity index (χ4n) is 5.13. The number of carbonyl (C=O) groups excluding carboxylic acids is 1. The normalized spacial score (nSPS) is 23.8. The monoisotopic (exact) mass is 502 g/mol. The van der Waals surface area contributed by atoms with Crippen LogP contribution >= 0.6 is 0 Å². The van der Waals surface area contributed by atoms with Crippen LogP contribution in [0.1, 0.15) is 25.8 Å². The van der Waals surface area contributed by atoms with Crippen LogP contribution in [0.25, 0.3) is 0 Å². The second-order valence-electron chi connectivity index (χ2n) is 9.86. The van der Waals surface area contributed by atoms with E-state index >= 15 is 0 Å². The predicted octanol–water partition coefficient (Wildman–Crippen LogP) is 2.59. The third-order valence-electron chi connectivity index (χ3n) is 6.53. The summed E-state index contributed by atoms with van der Waals surface area (Å²) < 4.78 is 41.5. The molecule has 188 valence electrons. The van der Waals surface area contributed by atoms with Crippen molar-refractivity contribution in [3.63, 3.8) is 0 Å². The van der Waals surface area contributed by atoms with E-state index in [1.54, 1.807) is 23.1 Å². The largest absolute Gasteiger partial charge is 0.467 e. The lowest BCUT2D eigenvalue weighted by atomic mass is 9.84. The fraction of sp³-hybridized carbons (Fsp3) is 0.542. The maximum atomic E-state index is 12.6. The zero-order chi connectivity index (χ0) is 24.8. The third kappa shape index (κ3) is 4.92. The van der Waals surface area contributed by atoms with Gasteiger partial charge in [0.1, 0.15) is 12.1 Å². The molecule has 1 aromatic carbocycles. The number of ether oxygens (including phenoxy) is 3. The van der Waals surface area contributed by atoms with E-state index in [0.29, 0.717) is 55.9 Å². The summed E-state index contributed by atoms with van der Waals surface area (Å²) in [5.41, 5.74) is 1.17. The fourth-order valence-corrected chi connectivity index (χ4v) is 5.80. The lowest BCUT2D eigenvalue weighted by Crippen LogP contribution is -2.62. The van der Waals surface area contributed by atoms with Crippen LogP contribution in [-0.2, 0) is 25.7 Å². The summed E-state index contributed by atoms with van der Waals surface area (Å²) in [7, 11) is -3.27. The second kappa shape index (κ2) is 8.94. The minimum absolute atomic E-state index is 0.160. The topological polar surface area (TPSA) is 111 Å². The first-order chi connectivity index (χ1) is 16.6. The number of hydrogen-bond donors (Lipinski definition) is 0. The number of fused-ring (bicyclic) bond motifs is 3. The molecule has 2 fully saturated rings. The zero-order valence-electron chi connectivity index (χ0n) is 20.1. The molecule has 0 radical (unpaired) electrons. The first-order valence-corrected chi connectivity index (χ1v) is 13.7. The highest BCUT2D eigenvalue weighted by atomic mass is 32.2. The standard InChI is InChI=1S/C24H30N4O6S/c1-16(2)33-23(29)27-11-17-10-24(13-27,14-32-12-17)34-22-9-21(25-15-26-22)28-7-6-18-8-19(35(3,30)31)4-5-20(18)28/h4-5,8-9,15-17H,6-7,10-14H2,1-3H3. The van der Waals surface area contributed by atoms with Gasteiger partial charge in [0, 0.05) is 37.0 Å². The van der Waals surface area contributed by atoms with Gasteiger partial charge in [-0.15, -0.1) is 0 Å². The van der Waals surface area contributed by atoms with Crippen LogP contribution in [0.2, 0.25) is 0 Å². The van der Waals surface area contributed by atoms with Gasteiger partial charge in [0.2, 0.25) is 5.88 Å². The molecule has 0 aliphatic carbocycles. The number of carbonyl (C=O) groups is 1. The van der Waals surface area contributed by atoms with Crippen molar-refractivity contribution in [1.82, 2.24) is 14.9 Å². The Morgan fingerprint density at radius 1 is 1.26 bits per heavy atom. The number of nitrogens with zero attached hydrogens (tertiary/aromatic N) is 4. The van der Waals surface area contributed by atoms with E-state index in [1.807, 2.05) is 24.8 Å². The number of amides is 1. The maximum Gasteiger partial charge on any atom is 0.410 e. The van der Waals surface area contributed by atoms with Crippen LogP contribution in [0.3, 0.4) is 0 Å². The van der Waals surface area contributed by atoms with Crippen molar-refractivity contribution in [1.29, 1.82) is 0 Å². The van der Waals surface area contributed by atoms with E-state index in [2.05, 4.69) is 9.97 Å². The van der Waals surface area contributed by atoms with Crippen LogP contribution in [-0.4, -0.2) is 80.2 Å². The molecule has 1 amide bonds. The third-order valence-corrected chi connectivity index (χ3v) is 7.64. The van der Waals surface area contributed by atoms with Crippen molar-refractivity contribution in [3.05, 3.63) is 36.2 Å². The van der Waals surface area contributed by atoms with E-state index in [9.17, 15) is 13.2 Å². The molecule has 11 heteroatoms. The Bertz CT molecular complexity index is 1240. The zero-order valence-corrected chi connectivity index (χ0v) is 21.0. The summed E-state index contributed by atoms with van der Waals surface area (Å²) >= 11 is 0. The van der Waals surface area contributed by atoms with Crippen molar-refractivity contribution in [2.24, 2.45) is 5.92 Å². The average molecular weight is 503 g/mol. The lowest BCUT2D eigenvalue weighted by Gasteiger charge is -2.48. The summed E-state index contributed by atoms with van der Waals surface area (Å²) in [5, 5.41) is 0. The van der Waals surface area contributed by atoms with Gasteiger partial charge in [0.05, 0.1) is 30.8 Å². The summed E-state index contributed by atoms with van der Waals surface area (Å²) in [6, 6.07) is 6.95. The Labute approximate surface area is 205 Å². The number of anilines is 2. The summed E-state index contributed by atoms with van der Waals surface area (Å²) in [6.45, 7) is 6.20. The molecule has 2 bridgehead atoms. The Kier molecular flexibility index (Phi) is 6.08. The minimum Gasteiger partial charge on any atom is -0.467 e. The molecule has 5 rings (SSSR count). The number of benzene rings is 1. The molecule has 35 heavy (non-hydrogen) atoms. The molecular formula is C24H30N4O6S. The van der Waals surface area contributed by atoms with Crippen LogP contribution < -0.4 is 9.64 Å².